The van der Waals surface area contributed by atoms with Gasteiger partial charge < -0.3 is 5.32 Å². The molecule has 0 spiro atoms. The molecule has 3 rings (SSSR count). The summed E-state index contributed by atoms with van der Waals surface area (Å²) in [6.45, 7) is 5.70. The summed E-state index contributed by atoms with van der Waals surface area (Å²) in [6, 6.07) is 10.5. The number of sulfonamides is 1. The summed E-state index contributed by atoms with van der Waals surface area (Å²) < 4.78 is 28.3. The van der Waals surface area contributed by atoms with Crippen LogP contribution >= 0.6 is 11.8 Å². The fourth-order valence-corrected chi connectivity index (χ4v) is 5.05. The van der Waals surface area contributed by atoms with Gasteiger partial charge in [0.2, 0.25) is 5.91 Å². The molecule has 2 aromatic carbocycles. The number of para-hydroxylation sites is 1. The highest BCUT2D eigenvalue weighted by Gasteiger charge is 2.22. The lowest BCUT2D eigenvalue weighted by molar-refractivity contribution is -0.116. The van der Waals surface area contributed by atoms with Crippen LogP contribution in [0.25, 0.3) is 0 Å². The summed E-state index contributed by atoms with van der Waals surface area (Å²) in [5.74, 6) is -0.101. The number of thioether (sulfide) groups is 1. The van der Waals surface area contributed by atoms with Crippen LogP contribution in [0.4, 0.5) is 11.4 Å². The number of benzene rings is 2. The minimum atomic E-state index is -3.75. The van der Waals surface area contributed by atoms with E-state index in [0.717, 1.165) is 16.0 Å². The number of carbonyl (C=O) groups excluding carboxylic acids is 1. The van der Waals surface area contributed by atoms with Crippen molar-refractivity contribution in [1.29, 1.82) is 0 Å². The third kappa shape index (κ3) is 3.82. The molecule has 7 heteroatoms. The number of nitrogens with one attached hydrogen (secondary N) is 2. The maximum Gasteiger partial charge on any atom is 0.261 e. The van der Waals surface area contributed by atoms with Crippen LogP contribution in [0.2, 0.25) is 0 Å². The summed E-state index contributed by atoms with van der Waals surface area (Å²) in [5, 5.41) is 2.95. The lowest BCUT2D eigenvalue weighted by Crippen LogP contribution is -2.16. The Morgan fingerprint density at radius 1 is 1.16 bits per heavy atom. The van der Waals surface area contributed by atoms with Crippen LogP contribution in [0, 0.1) is 13.8 Å². The van der Waals surface area contributed by atoms with Gasteiger partial charge in [0.1, 0.15) is 0 Å². The number of fused-ring (bicyclic) bond motifs is 1. The molecule has 2 N–H and O–H groups in total. The van der Waals surface area contributed by atoms with Crippen LogP contribution in [-0.2, 0) is 14.8 Å². The van der Waals surface area contributed by atoms with Gasteiger partial charge in [-0.3, -0.25) is 9.52 Å². The lowest BCUT2D eigenvalue weighted by Gasteiger charge is -2.15. The molecule has 0 aromatic heterocycles. The zero-order valence-electron chi connectivity index (χ0n) is 14.3. The minimum absolute atomic E-state index is 0.101. The third-order valence-electron chi connectivity index (χ3n) is 4.05. The molecule has 0 saturated carbocycles. The quantitative estimate of drug-likeness (QED) is 0.851. The molecule has 132 valence electrons. The average molecular weight is 377 g/mol. The van der Waals surface area contributed by atoms with E-state index in [4.69, 9.17) is 0 Å². The van der Waals surface area contributed by atoms with Crippen LogP contribution in [0.3, 0.4) is 0 Å². The van der Waals surface area contributed by atoms with Gasteiger partial charge in [-0.15, -0.1) is 11.8 Å². The van der Waals surface area contributed by atoms with Gasteiger partial charge in [-0.2, -0.15) is 0 Å². The van der Waals surface area contributed by atoms with Gasteiger partial charge in [-0.05, 0) is 43.2 Å². The Morgan fingerprint density at radius 3 is 2.52 bits per heavy atom. The van der Waals surface area contributed by atoms with E-state index >= 15 is 0 Å². The average Bonchev–Trinajstić information content (AvgIpc) is 2.66. The Bertz CT molecular complexity index is 919. The lowest BCUT2D eigenvalue weighted by atomic mass is 10.1. The highest BCUT2D eigenvalue weighted by molar-refractivity contribution is 8.00. The molecule has 0 aliphatic carbocycles. The van der Waals surface area contributed by atoms with E-state index in [2.05, 4.69) is 10.0 Å². The number of carbonyl (C=O) groups is 1. The van der Waals surface area contributed by atoms with E-state index in [1.807, 2.05) is 39.0 Å². The fraction of sp³-hybridized carbons (Fsp3) is 0.278. The molecule has 5 nitrogen and oxygen atoms in total. The molecule has 1 atom stereocenters. The monoisotopic (exact) mass is 376 g/mol. The van der Waals surface area contributed by atoms with E-state index in [0.29, 0.717) is 17.8 Å². The first-order valence-electron chi connectivity index (χ1n) is 7.96. The number of anilines is 2. The second-order valence-corrected chi connectivity index (χ2v) is 9.37. The Kier molecular flexibility index (Phi) is 4.79. The van der Waals surface area contributed by atoms with E-state index in [1.54, 1.807) is 23.9 Å². The van der Waals surface area contributed by atoms with Crippen LogP contribution in [-0.4, -0.2) is 19.6 Å². The first-order valence-corrected chi connectivity index (χ1v) is 10.3. The predicted molar refractivity (Wildman–Crippen MR) is 102 cm³/mol. The number of amides is 1. The van der Waals surface area contributed by atoms with Gasteiger partial charge in [0.25, 0.3) is 10.0 Å². The topological polar surface area (TPSA) is 75.3 Å². The van der Waals surface area contributed by atoms with Crippen molar-refractivity contribution in [2.45, 2.75) is 42.2 Å². The van der Waals surface area contributed by atoms with Crippen molar-refractivity contribution >= 4 is 39.1 Å². The Balaban J connectivity index is 1.97. The summed E-state index contributed by atoms with van der Waals surface area (Å²) >= 11 is 1.57. The molecule has 1 amide bonds. The summed E-state index contributed by atoms with van der Waals surface area (Å²) in [6.07, 6.45) is 0.405. The van der Waals surface area contributed by atoms with E-state index in [9.17, 15) is 13.2 Å². The van der Waals surface area contributed by atoms with Gasteiger partial charge >= 0.3 is 0 Å². The number of rotatable bonds is 3. The van der Waals surface area contributed by atoms with Crippen molar-refractivity contribution in [3.05, 3.63) is 47.5 Å². The zero-order valence-corrected chi connectivity index (χ0v) is 15.9. The molecule has 1 aliphatic rings. The van der Waals surface area contributed by atoms with Gasteiger partial charge in [0, 0.05) is 16.6 Å². The van der Waals surface area contributed by atoms with E-state index in [1.165, 1.54) is 6.07 Å². The van der Waals surface area contributed by atoms with Crippen molar-refractivity contribution in [3.63, 3.8) is 0 Å². The predicted octanol–water partition coefficient (Wildman–Crippen LogP) is 3.93. The number of hydrogen-bond acceptors (Lipinski definition) is 4. The first-order chi connectivity index (χ1) is 11.8. The number of aryl methyl sites for hydroxylation is 2. The van der Waals surface area contributed by atoms with E-state index in [-0.39, 0.29) is 16.1 Å². The van der Waals surface area contributed by atoms with Gasteiger partial charge in [0.15, 0.2) is 0 Å². The molecule has 1 aliphatic heterocycles. The molecule has 25 heavy (non-hydrogen) atoms. The molecular weight excluding hydrogens is 356 g/mol. The molecule has 0 radical (unpaired) electrons. The largest absolute Gasteiger partial charge is 0.325 e. The summed E-state index contributed by atoms with van der Waals surface area (Å²) in [5.41, 5.74) is 2.85. The van der Waals surface area contributed by atoms with E-state index < -0.39 is 10.0 Å². The SMILES string of the molecule is Cc1cccc(C)c1NS(=O)(=O)c1ccc2c(c1)NC(=O)C[C@H](C)S2. The third-order valence-corrected chi connectivity index (χ3v) is 6.58. The minimum Gasteiger partial charge on any atom is -0.325 e. The Morgan fingerprint density at radius 2 is 1.84 bits per heavy atom. The molecule has 0 fully saturated rings. The van der Waals surface area contributed by atoms with Crippen molar-refractivity contribution in [2.24, 2.45) is 0 Å². The summed E-state index contributed by atoms with van der Waals surface area (Å²) in [4.78, 5) is 12.9. The highest BCUT2D eigenvalue weighted by atomic mass is 32.2. The zero-order chi connectivity index (χ0) is 18.2. The smallest absolute Gasteiger partial charge is 0.261 e. The van der Waals surface area contributed by atoms with Crippen molar-refractivity contribution in [3.8, 4) is 0 Å². The van der Waals surface area contributed by atoms with Gasteiger partial charge in [-0.25, -0.2) is 8.42 Å². The summed E-state index contributed by atoms with van der Waals surface area (Å²) in [7, 11) is -3.75. The van der Waals surface area contributed by atoms with Crippen LogP contribution < -0.4 is 10.0 Å². The van der Waals surface area contributed by atoms with Crippen LogP contribution in [0.5, 0.6) is 0 Å². The fourth-order valence-electron chi connectivity index (χ4n) is 2.77. The Hall–Kier alpha value is -1.99. The van der Waals surface area contributed by atoms with Crippen molar-refractivity contribution in [2.75, 3.05) is 10.0 Å². The van der Waals surface area contributed by atoms with Crippen molar-refractivity contribution < 1.29 is 13.2 Å². The second kappa shape index (κ2) is 6.72. The molecule has 0 bridgehead atoms. The molecular formula is C18H20N2O3S2. The van der Waals surface area contributed by atoms with Gasteiger partial charge in [-0.1, -0.05) is 25.1 Å². The maximum atomic E-state index is 12.8. The van der Waals surface area contributed by atoms with Gasteiger partial charge in [0.05, 0.1) is 16.3 Å². The number of hydrogen-bond donors (Lipinski definition) is 2. The standard InChI is InChI=1S/C18H20N2O3S2/c1-11-5-4-6-12(2)18(11)20-25(22,23)14-7-8-16-15(10-14)19-17(21)9-13(3)24-16/h4-8,10,13,20H,9H2,1-3H3,(H,19,21)/t13-/m0/s1. The molecule has 0 saturated heterocycles. The highest BCUT2D eigenvalue weighted by Crippen LogP contribution is 2.36. The van der Waals surface area contributed by atoms with Crippen LogP contribution in [0.1, 0.15) is 24.5 Å². The van der Waals surface area contributed by atoms with Crippen molar-refractivity contribution in [1.82, 2.24) is 0 Å². The molecule has 0 unspecified atom stereocenters. The first kappa shape index (κ1) is 17.8. The normalized spacial score (nSPS) is 17.4. The maximum absolute atomic E-state index is 12.8. The Labute approximate surface area is 152 Å². The van der Waals surface area contributed by atoms with Crippen LogP contribution in [0.15, 0.2) is 46.2 Å². The molecule has 1 heterocycles. The second-order valence-electron chi connectivity index (χ2n) is 6.21. The molecule has 2 aromatic rings.